The van der Waals surface area contributed by atoms with Crippen molar-refractivity contribution >= 4 is 11.9 Å². The SMILES string of the molecule is CCCCOCCOCCOCCN1CC(=O)NC1=O. The molecule has 20 heavy (non-hydrogen) atoms. The van der Waals surface area contributed by atoms with E-state index in [0.29, 0.717) is 39.6 Å². The zero-order valence-electron chi connectivity index (χ0n) is 12.1. The number of imide groups is 1. The third-order valence-corrected chi connectivity index (χ3v) is 2.76. The summed E-state index contributed by atoms with van der Waals surface area (Å²) in [5.74, 6) is -0.263. The second-order valence-electron chi connectivity index (χ2n) is 4.47. The first-order valence-electron chi connectivity index (χ1n) is 7.06. The Hall–Kier alpha value is -1.18. The van der Waals surface area contributed by atoms with Crippen LogP contribution in [0.25, 0.3) is 0 Å². The minimum atomic E-state index is -0.348. The van der Waals surface area contributed by atoms with Gasteiger partial charge in [-0.1, -0.05) is 13.3 Å². The fraction of sp³-hybridized carbons (Fsp3) is 0.846. The number of unbranched alkanes of at least 4 members (excludes halogenated alkanes) is 1. The van der Waals surface area contributed by atoms with Crippen LogP contribution in [0, 0.1) is 0 Å². The van der Waals surface area contributed by atoms with E-state index < -0.39 is 0 Å². The van der Waals surface area contributed by atoms with Crippen LogP contribution in [0.4, 0.5) is 4.79 Å². The van der Waals surface area contributed by atoms with Crippen molar-refractivity contribution in [2.75, 3.05) is 52.7 Å². The molecule has 1 fully saturated rings. The quantitative estimate of drug-likeness (QED) is 0.415. The van der Waals surface area contributed by atoms with Gasteiger partial charge in [0.05, 0.1) is 33.0 Å². The minimum Gasteiger partial charge on any atom is -0.379 e. The maximum atomic E-state index is 11.2. The zero-order valence-corrected chi connectivity index (χ0v) is 12.1. The minimum absolute atomic E-state index is 0.119. The Bertz CT molecular complexity index is 298. The molecule has 0 unspecified atom stereocenters. The molecule has 1 aliphatic rings. The van der Waals surface area contributed by atoms with Gasteiger partial charge in [0.2, 0.25) is 5.91 Å². The Morgan fingerprint density at radius 1 is 1.00 bits per heavy atom. The molecule has 1 aliphatic heterocycles. The number of nitrogens with zero attached hydrogens (tertiary/aromatic N) is 1. The van der Waals surface area contributed by atoms with Gasteiger partial charge in [-0.2, -0.15) is 0 Å². The standard InChI is InChI=1S/C13H24N2O5/c1-2-3-5-18-7-9-20-10-8-19-6-4-15-11-12(16)14-13(15)17/h2-11H2,1H3,(H,14,16,17). The van der Waals surface area contributed by atoms with Gasteiger partial charge in [-0.05, 0) is 6.42 Å². The lowest BCUT2D eigenvalue weighted by Crippen LogP contribution is -2.31. The average molecular weight is 288 g/mol. The van der Waals surface area contributed by atoms with Crippen molar-refractivity contribution in [3.63, 3.8) is 0 Å². The highest BCUT2D eigenvalue weighted by Crippen LogP contribution is 1.97. The molecule has 0 radical (unpaired) electrons. The van der Waals surface area contributed by atoms with Crippen molar-refractivity contribution in [3.8, 4) is 0 Å². The fourth-order valence-corrected chi connectivity index (χ4v) is 1.63. The molecule has 0 saturated carbocycles. The molecule has 7 heteroatoms. The number of hydrogen-bond acceptors (Lipinski definition) is 5. The Morgan fingerprint density at radius 3 is 2.15 bits per heavy atom. The Labute approximate surface area is 119 Å². The first-order chi connectivity index (χ1) is 9.74. The monoisotopic (exact) mass is 288 g/mol. The van der Waals surface area contributed by atoms with E-state index in [2.05, 4.69) is 12.2 Å². The van der Waals surface area contributed by atoms with E-state index in [-0.39, 0.29) is 18.5 Å². The van der Waals surface area contributed by atoms with Crippen molar-refractivity contribution in [1.82, 2.24) is 10.2 Å². The fourth-order valence-electron chi connectivity index (χ4n) is 1.63. The normalized spacial score (nSPS) is 14.9. The highest BCUT2D eigenvalue weighted by atomic mass is 16.5. The molecule has 1 N–H and O–H groups in total. The number of amides is 3. The largest absolute Gasteiger partial charge is 0.379 e. The van der Waals surface area contributed by atoms with Crippen molar-refractivity contribution in [3.05, 3.63) is 0 Å². The summed E-state index contributed by atoms with van der Waals surface area (Å²) in [6.45, 7) is 5.99. The average Bonchev–Trinajstić information content (AvgIpc) is 2.74. The summed E-state index contributed by atoms with van der Waals surface area (Å²) in [4.78, 5) is 23.5. The van der Waals surface area contributed by atoms with Crippen LogP contribution in [0.2, 0.25) is 0 Å². The van der Waals surface area contributed by atoms with Crippen LogP contribution in [0.15, 0.2) is 0 Å². The van der Waals surface area contributed by atoms with Crippen LogP contribution in [0.3, 0.4) is 0 Å². The molecular formula is C13H24N2O5. The van der Waals surface area contributed by atoms with Gasteiger partial charge in [0, 0.05) is 13.2 Å². The smallest absolute Gasteiger partial charge is 0.324 e. The second-order valence-corrected chi connectivity index (χ2v) is 4.47. The number of nitrogens with one attached hydrogen (secondary N) is 1. The van der Waals surface area contributed by atoms with Crippen LogP contribution in [-0.2, 0) is 19.0 Å². The lowest BCUT2D eigenvalue weighted by molar-refractivity contribution is -0.118. The Morgan fingerprint density at radius 2 is 1.60 bits per heavy atom. The second kappa shape index (κ2) is 10.6. The molecule has 1 heterocycles. The molecule has 1 rings (SSSR count). The number of ether oxygens (including phenoxy) is 3. The van der Waals surface area contributed by atoms with Gasteiger partial charge >= 0.3 is 6.03 Å². The summed E-state index contributed by atoms with van der Waals surface area (Å²) in [5, 5.41) is 2.21. The number of carbonyl (C=O) groups is 2. The van der Waals surface area contributed by atoms with Crippen LogP contribution < -0.4 is 5.32 Å². The molecule has 0 atom stereocenters. The Kier molecular flexibility index (Phi) is 8.93. The van der Waals surface area contributed by atoms with E-state index >= 15 is 0 Å². The highest BCUT2D eigenvalue weighted by Gasteiger charge is 2.25. The van der Waals surface area contributed by atoms with E-state index in [1.54, 1.807) is 0 Å². The predicted molar refractivity (Wildman–Crippen MR) is 72.5 cm³/mol. The molecule has 116 valence electrons. The summed E-state index contributed by atoms with van der Waals surface area (Å²) in [6, 6.07) is -0.348. The third kappa shape index (κ3) is 7.42. The summed E-state index contributed by atoms with van der Waals surface area (Å²) < 4.78 is 16.0. The van der Waals surface area contributed by atoms with Crippen molar-refractivity contribution in [2.24, 2.45) is 0 Å². The summed E-state index contributed by atoms with van der Waals surface area (Å²) in [5.41, 5.74) is 0. The molecule has 0 aromatic carbocycles. The first-order valence-corrected chi connectivity index (χ1v) is 7.06. The van der Waals surface area contributed by atoms with Gasteiger partial charge in [0.15, 0.2) is 0 Å². The van der Waals surface area contributed by atoms with E-state index in [1.807, 2.05) is 0 Å². The maximum Gasteiger partial charge on any atom is 0.324 e. The van der Waals surface area contributed by atoms with Crippen molar-refractivity contribution in [1.29, 1.82) is 0 Å². The van der Waals surface area contributed by atoms with Gasteiger partial charge in [-0.15, -0.1) is 0 Å². The molecular weight excluding hydrogens is 264 g/mol. The third-order valence-electron chi connectivity index (χ3n) is 2.76. The molecule has 0 aromatic heterocycles. The van der Waals surface area contributed by atoms with E-state index in [9.17, 15) is 9.59 Å². The van der Waals surface area contributed by atoms with Crippen molar-refractivity contribution < 1.29 is 23.8 Å². The van der Waals surface area contributed by atoms with E-state index in [0.717, 1.165) is 19.4 Å². The van der Waals surface area contributed by atoms with Gasteiger partial charge in [-0.25, -0.2) is 4.79 Å². The number of rotatable bonds is 12. The summed E-state index contributed by atoms with van der Waals surface area (Å²) >= 11 is 0. The lowest BCUT2D eigenvalue weighted by Gasteiger charge is -2.12. The number of carbonyl (C=O) groups excluding carboxylic acids is 2. The van der Waals surface area contributed by atoms with Crippen molar-refractivity contribution in [2.45, 2.75) is 19.8 Å². The molecule has 0 aromatic rings. The topological polar surface area (TPSA) is 77.1 Å². The van der Waals surface area contributed by atoms with Crippen LogP contribution in [0.1, 0.15) is 19.8 Å². The molecule has 0 aliphatic carbocycles. The van der Waals surface area contributed by atoms with Crippen LogP contribution in [-0.4, -0.2) is 69.6 Å². The van der Waals surface area contributed by atoms with Crippen LogP contribution >= 0.6 is 0 Å². The maximum absolute atomic E-state index is 11.2. The molecule has 0 spiro atoms. The van der Waals surface area contributed by atoms with Crippen LogP contribution in [0.5, 0.6) is 0 Å². The van der Waals surface area contributed by atoms with Gasteiger partial charge < -0.3 is 19.1 Å². The van der Waals surface area contributed by atoms with E-state index in [4.69, 9.17) is 14.2 Å². The molecule has 0 bridgehead atoms. The molecule has 3 amide bonds. The molecule has 1 saturated heterocycles. The van der Waals surface area contributed by atoms with E-state index in [1.165, 1.54) is 4.90 Å². The van der Waals surface area contributed by atoms with Gasteiger partial charge in [0.1, 0.15) is 6.54 Å². The van der Waals surface area contributed by atoms with Gasteiger partial charge in [-0.3, -0.25) is 10.1 Å². The summed E-state index contributed by atoms with van der Waals surface area (Å²) in [7, 11) is 0. The van der Waals surface area contributed by atoms with Gasteiger partial charge in [0.25, 0.3) is 0 Å². The first kappa shape index (κ1) is 16.9. The highest BCUT2D eigenvalue weighted by molar-refractivity contribution is 6.01. The summed E-state index contributed by atoms with van der Waals surface area (Å²) in [6.07, 6.45) is 2.21. The molecule has 7 nitrogen and oxygen atoms in total. The zero-order chi connectivity index (χ0) is 14.6. The number of hydrogen-bond donors (Lipinski definition) is 1. The predicted octanol–water partition coefficient (Wildman–Crippen LogP) is 0.388. The Balaban J connectivity index is 1.81. The number of urea groups is 1. The lowest BCUT2D eigenvalue weighted by atomic mass is 10.4.